The van der Waals surface area contributed by atoms with Gasteiger partial charge in [-0.15, -0.1) is 0 Å². The number of hydrogen-bond acceptors (Lipinski definition) is 4. The third-order valence-corrected chi connectivity index (χ3v) is 3.82. The van der Waals surface area contributed by atoms with Crippen LogP contribution in [0.4, 0.5) is 10.5 Å². The Morgan fingerprint density at radius 2 is 2.00 bits per heavy atom. The molecule has 3 atom stereocenters. The van der Waals surface area contributed by atoms with Crippen LogP contribution in [0.2, 0.25) is 0 Å². The van der Waals surface area contributed by atoms with Crippen molar-refractivity contribution in [3.05, 3.63) is 39.9 Å². The average Bonchev–Trinajstić information content (AvgIpc) is 2.46. The molecule has 0 spiro atoms. The average molecular weight is 277 g/mol. The molecule has 2 saturated heterocycles. The van der Waals surface area contributed by atoms with Crippen molar-refractivity contribution < 1.29 is 14.5 Å². The number of ether oxygens (including phenoxy) is 1. The fourth-order valence-electron chi connectivity index (χ4n) is 2.85. The number of nitro benzene ring substituents is 1. The minimum Gasteiger partial charge on any atom is -0.358 e. The molecular formula is C13H15N3O4. The highest BCUT2D eigenvalue weighted by Crippen LogP contribution is 2.34. The molecule has 7 nitrogen and oxygen atoms in total. The fraction of sp³-hybridized carbons (Fsp3) is 0.462. The Bertz CT molecular complexity index is 531. The summed E-state index contributed by atoms with van der Waals surface area (Å²) in [6.07, 6.45) is 1.61. The predicted octanol–water partition coefficient (Wildman–Crippen LogP) is 1.70. The van der Waals surface area contributed by atoms with Crippen molar-refractivity contribution in [1.82, 2.24) is 10.6 Å². The van der Waals surface area contributed by atoms with Crippen molar-refractivity contribution in [3.63, 3.8) is 0 Å². The summed E-state index contributed by atoms with van der Waals surface area (Å²) in [6.45, 7) is 0.647. The summed E-state index contributed by atoms with van der Waals surface area (Å²) in [5.74, 6) is 0.142. The second-order valence-corrected chi connectivity index (χ2v) is 5.04. The Morgan fingerprint density at radius 3 is 2.70 bits per heavy atom. The van der Waals surface area contributed by atoms with Crippen LogP contribution in [0.15, 0.2) is 24.3 Å². The lowest BCUT2D eigenvalue weighted by Crippen LogP contribution is -2.58. The normalized spacial score (nSPS) is 29.0. The number of benzene rings is 1. The highest BCUT2D eigenvalue weighted by Gasteiger charge is 2.39. The van der Waals surface area contributed by atoms with Crippen LogP contribution in [0, 0.1) is 16.0 Å². The van der Waals surface area contributed by atoms with E-state index in [1.807, 2.05) is 0 Å². The number of fused-ring (bicyclic) bond motifs is 1. The first-order valence-electron chi connectivity index (χ1n) is 6.58. The molecule has 2 aliphatic heterocycles. The summed E-state index contributed by atoms with van der Waals surface area (Å²) >= 11 is 0. The van der Waals surface area contributed by atoms with E-state index in [1.54, 1.807) is 12.1 Å². The zero-order valence-electron chi connectivity index (χ0n) is 10.7. The minimum absolute atomic E-state index is 0.0467. The number of carbonyl (C=O) groups excluding carboxylic acids is 1. The topological polar surface area (TPSA) is 93.5 Å². The molecule has 0 aromatic heterocycles. The van der Waals surface area contributed by atoms with Crippen molar-refractivity contribution >= 4 is 11.7 Å². The quantitative estimate of drug-likeness (QED) is 0.635. The standard InChI is InChI=1S/C13H15N3O4/c17-13-14-11(10-2-1-7-20-12(10)15-13)8-3-5-9(6-4-8)16(18)19/h3-6,10-12H,1-2,7H2,(H2,14,15,17). The molecule has 0 saturated carbocycles. The number of amides is 2. The molecule has 2 aliphatic rings. The minimum atomic E-state index is -0.433. The molecule has 106 valence electrons. The SMILES string of the molecule is O=C1NC2OCCCC2C(c2ccc([N+](=O)[O-])cc2)N1. The lowest BCUT2D eigenvalue weighted by atomic mass is 9.85. The van der Waals surface area contributed by atoms with Crippen molar-refractivity contribution in [2.75, 3.05) is 6.61 Å². The second-order valence-electron chi connectivity index (χ2n) is 5.04. The van der Waals surface area contributed by atoms with E-state index in [9.17, 15) is 14.9 Å². The van der Waals surface area contributed by atoms with E-state index in [1.165, 1.54) is 12.1 Å². The molecule has 7 heteroatoms. The first kappa shape index (κ1) is 12.9. The fourth-order valence-corrected chi connectivity index (χ4v) is 2.85. The molecule has 2 N–H and O–H groups in total. The maximum Gasteiger partial charge on any atom is 0.317 e. The van der Waals surface area contributed by atoms with Gasteiger partial charge >= 0.3 is 6.03 Å². The number of non-ortho nitro benzene ring substituents is 1. The van der Waals surface area contributed by atoms with Gasteiger partial charge in [-0.05, 0) is 18.4 Å². The summed E-state index contributed by atoms with van der Waals surface area (Å²) in [6, 6.07) is 5.87. The summed E-state index contributed by atoms with van der Waals surface area (Å²) < 4.78 is 5.59. The van der Waals surface area contributed by atoms with E-state index in [4.69, 9.17) is 4.74 Å². The van der Waals surface area contributed by atoms with E-state index in [0.717, 1.165) is 18.4 Å². The third kappa shape index (κ3) is 2.32. The van der Waals surface area contributed by atoms with E-state index in [2.05, 4.69) is 10.6 Å². The second kappa shape index (κ2) is 5.09. The molecule has 2 fully saturated rings. The number of carbonyl (C=O) groups is 1. The summed E-state index contributed by atoms with van der Waals surface area (Å²) in [7, 11) is 0. The van der Waals surface area contributed by atoms with E-state index in [-0.39, 0.29) is 29.9 Å². The Hall–Kier alpha value is -2.15. The van der Waals surface area contributed by atoms with Crippen LogP contribution >= 0.6 is 0 Å². The number of hydrogen-bond donors (Lipinski definition) is 2. The smallest absolute Gasteiger partial charge is 0.317 e. The van der Waals surface area contributed by atoms with E-state index >= 15 is 0 Å². The lowest BCUT2D eigenvalue weighted by molar-refractivity contribution is -0.384. The Morgan fingerprint density at radius 1 is 1.25 bits per heavy atom. The molecule has 2 amide bonds. The number of nitro groups is 1. The molecule has 1 aromatic carbocycles. The van der Waals surface area contributed by atoms with Gasteiger partial charge in [0.15, 0.2) is 0 Å². The number of nitrogens with one attached hydrogen (secondary N) is 2. The summed E-state index contributed by atoms with van der Waals surface area (Å²) in [5.41, 5.74) is 0.913. The van der Waals surface area contributed by atoms with Gasteiger partial charge < -0.3 is 15.4 Å². The highest BCUT2D eigenvalue weighted by molar-refractivity contribution is 5.75. The summed E-state index contributed by atoms with van der Waals surface area (Å²) in [4.78, 5) is 21.9. The maximum absolute atomic E-state index is 11.7. The molecule has 20 heavy (non-hydrogen) atoms. The Balaban J connectivity index is 1.86. The zero-order chi connectivity index (χ0) is 14.1. The molecule has 2 heterocycles. The van der Waals surface area contributed by atoms with Crippen LogP contribution in [0.25, 0.3) is 0 Å². The Kier molecular flexibility index (Phi) is 3.27. The van der Waals surface area contributed by atoms with Gasteiger partial charge in [0.2, 0.25) is 0 Å². The predicted molar refractivity (Wildman–Crippen MR) is 70.0 cm³/mol. The monoisotopic (exact) mass is 277 g/mol. The van der Waals surface area contributed by atoms with Crippen molar-refractivity contribution in [1.29, 1.82) is 0 Å². The van der Waals surface area contributed by atoms with Gasteiger partial charge in [0, 0.05) is 24.7 Å². The molecule has 3 rings (SSSR count). The van der Waals surface area contributed by atoms with Crippen LogP contribution < -0.4 is 10.6 Å². The van der Waals surface area contributed by atoms with Gasteiger partial charge in [0.05, 0.1) is 11.0 Å². The van der Waals surface area contributed by atoms with Crippen LogP contribution in [-0.4, -0.2) is 23.8 Å². The summed E-state index contributed by atoms with van der Waals surface area (Å²) in [5, 5.41) is 16.3. The van der Waals surface area contributed by atoms with Gasteiger partial charge in [-0.25, -0.2) is 4.79 Å². The third-order valence-electron chi connectivity index (χ3n) is 3.82. The van der Waals surface area contributed by atoms with Gasteiger partial charge in [0.1, 0.15) is 6.23 Å². The van der Waals surface area contributed by atoms with Gasteiger partial charge in [-0.1, -0.05) is 12.1 Å². The van der Waals surface area contributed by atoms with Crippen molar-refractivity contribution in [3.8, 4) is 0 Å². The first-order chi connectivity index (χ1) is 9.65. The van der Waals surface area contributed by atoms with Crippen molar-refractivity contribution in [2.45, 2.75) is 25.1 Å². The highest BCUT2D eigenvalue weighted by atomic mass is 16.6. The molecule has 0 radical (unpaired) electrons. The van der Waals surface area contributed by atoms with Gasteiger partial charge in [-0.2, -0.15) is 0 Å². The molecule has 0 aliphatic carbocycles. The van der Waals surface area contributed by atoms with Crippen LogP contribution in [-0.2, 0) is 4.74 Å². The molecule has 1 aromatic rings. The molecule has 0 bridgehead atoms. The van der Waals surface area contributed by atoms with Crippen LogP contribution in [0.5, 0.6) is 0 Å². The Labute approximate surface area is 115 Å². The van der Waals surface area contributed by atoms with E-state index in [0.29, 0.717) is 6.61 Å². The maximum atomic E-state index is 11.7. The van der Waals surface area contributed by atoms with Gasteiger partial charge in [-0.3, -0.25) is 10.1 Å². The van der Waals surface area contributed by atoms with Gasteiger partial charge in [0.25, 0.3) is 5.69 Å². The zero-order valence-corrected chi connectivity index (χ0v) is 10.7. The molecule has 3 unspecified atom stereocenters. The van der Waals surface area contributed by atoms with E-state index < -0.39 is 4.92 Å². The van der Waals surface area contributed by atoms with Crippen molar-refractivity contribution in [2.24, 2.45) is 5.92 Å². The molecular weight excluding hydrogens is 262 g/mol. The number of rotatable bonds is 2. The number of urea groups is 1. The lowest BCUT2D eigenvalue weighted by Gasteiger charge is -2.41. The van der Waals surface area contributed by atoms with Crippen LogP contribution in [0.3, 0.4) is 0 Å². The number of nitrogens with zero attached hydrogens (tertiary/aromatic N) is 1. The first-order valence-corrected chi connectivity index (χ1v) is 6.58. The van der Waals surface area contributed by atoms with Crippen LogP contribution in [0.1, 0.15) is 24.4 Å². The largest absolute Gasteiger partial charge is 0.358 e.